The van der Waals surface area contributed by atoms with Crippen molar-refractivity contribution in [1.82, 2.24) is 5.17 Å². The fraction of sp³-hybridized carbons (Fsp3) is 0.500. The van der Waals surface area contributed by atoms with Gasteiger partial charge in [-0.2, -0.15) is 0 Å². The Morgan fingerprint density at radius 3 is 3.00 bits per heavy atom. The number of rotatable bonds is 0. The molecule has 34 valence electrons. The van der Waals surface area contributed by atoms with Gasteiger partial charge in [0.25, 0.3) is 0 Å². The van der Waals surface area contributed by atoms with Crippen molar-refractivity contribution in [3.63, 3.8) is 0 Å². The first-order valence-corrected chi connectivity index (χ1v) is 1.50. The molecule has 4 heteroatoms. The molecule has 1 aliphatic heterocycles. The molecule has 0 saturated heterocycles. The first kappa shape index (κ1) is 3.42. The van der Waals surface area contributed by atoms with Crippen molar-refractivity contribution >= 4 is 6.40 Å². The second kappa shape index (κ2) is 1.14. The molecule has 1 heterocycles. The number of nitrogens with zero attached hydrogens (tertiary/aromatic N) is 2. The molecule has 0 fully saturated rings. The number of hydrogen-bond acceptors (Lipinski definition) is 4. The first-order chi connectivity index (χ1) is 2.89. The fourth-order valence-corrected chi connectivity index (χ4v) is 0.221. The Morgan fingerprint density at radius 2 is 2.83 bits per heavy atom. The maximum atomic E-state index is 8.24. The van der Waals surface area contributed by atoms with Gasteiger partial charge in [-0.05, 0) is 0 Å². The van der Waals surface area contributed by atoms with Crippen LogP contribution in [0.15, 0.2) is 5.10 Å². The highest BCUT2D eigenvalue weighted by atomic mass is 16.6. The molecule has 0 spiro atoms. The largest absolute Gasteiger partial charge is 0.457 e. The van der Waals surface area contributed by atoms with Crippen LogP contribution in [0.2, 0.25) is 0 Å². The molecule has 0 aromatic rings. The molecule has 0 aromatic carbocycles. The van der Waals surface area contributed by atoms with Crippen LogP contribution in [0.4, 0.5) is 0 Å². The third-order valence-electron chi connectivity index (χ3n) is 0.445. The van der Waals surface area contributed by atoms with E-state index in [2.05, 4.69) is 9.84 Å². The normalized spacial score (nSPS) is 18.5. The number of hydrogen-bond donors (Lipinski definition) is 1. The van der Waals surface area contributed by atoms with Gasteiger partial charge in [0.2, 0.25) is 6.73 Å². The van der Waals surface area contributed by atoms with Gasteiger partial charge in [-0.25, -0.2) is 0 Å². The molecule has 1 aliphatic rings. The summed E-state index contributed by atoms with van der Waals surface area (Å²) in [6, 6.07) is 0. The number of hydrazone groups is 1. The molecule has 0 bridgehead atoms. The van der Waals surface area contributed by atoms with E-state index in [4.69, 9.17) is 5.21 Å². The predicted molar refractivity (Wildman–Crippen MR) is 18.1 cm³/mol. The van der Waals surface area contributed by atoms with Crippen molar-refractivity contribution < 1.29 is 9.94 Å². The monoisotopic (exact) mass is 88.0 g/mol. The van der Waals surface area contributed by atoms with Gasteiger partial charge in [-0.3, -0.25) is 5.21 Å². The van der Waals surface area contributed by atoms with E-state index < -0.39 is 0 Å². The summed E-state index contributed by atoms with van der Waals surface area (Å²) in [5.74, 6) is 0. The lowest BCUT2D eigenvalue weighted by Gasteiger charge is -1.95. The van der Waals surface area contributed by atoms with E-state index in [9.17, 15) is 0 Å². The van der Waals surface area contributed by atoms with Gasteiger partial charge >= 0.3 is 0 Å². The minimum absolute atomic E-state index is 0.153. The molecule has 0 atom stereocenters. The summed E-state index contributed by atoms with van der Waals surface area (Å²) >= 11 is 0. The Hall–Kier alpha value is -0.770. The summed E-state index contributed by atoms with van der Waals surface area (Å²) in [6.45, 7) is 0.153. The van der Waals surface area contributed by atoms with E-state index in [1.54, 1.807) is 0 Å². The maximum Gasteiger partial charge on any atom is 0.204 e. The second-order valence-electron chi connectivity index (χ2n) is 0.889. The van der Waals surface area contributed by atoms with E-state index in [1.807, 2.05) is 0 Å². The lowest BCUT2D eigenvalue weighted by molar-refractivity contribution is -0.114. The van der Waals surface area contributed by atoms with Crippen LogP contribution in [0.25, 0.3) is 0 Å². The highest BCUT2D eigenvalue weighted by Gasteiger charge is 1.97. The van der Waals surface area contributed by atoms with Gasteiger partial charge in [-0.15, -0.1) is 10.3 Å². The van der Waals surface area contributed by atoms with E-state index in [0.717, 1.165) is 0 Å². The van der Waals surface area contributed by atoms with Gasteiger partial charge in [0.05, 0.1) is 0 Å². The van der Waals surface area contributed by atoms with Crippen LogP contribution in [0, 0.1) is 0 Å². The van der Waals surface area contributed by atoms with Gasteiger partial charge in [0.1, 0.15) is 0 Å². The summed E-state index contributed by atoms with van der Waals surface area (Å²) in [5, 5.41) is 12.2. The average molecular weight is 88.1 g/mol. The molecule has 6 heavy (non-hydrogen) atoms. The van der Waals surface area contributed by atoms with Crippen LogP contribution in [-0.4, -0.2) is 23.5 Å². The van der Waals surface area contributed by atoms with Crippen LogP contribution >= 0.6 is 0 Å². The molecule has 0 radical (unpaired) electrons. The molecule has 0 aliphatic carbocycles. The van der Waals surface area contributed by atoms with Gasteiger partial charge < -0.3 is 4.74 Å². The third-order valence-corrected chi connectivity index (χ3v) is 0.445. The molecule has 0 aromatic heterocycles. The Kier molecular flexibility index (Phi) is 0.648. The quantitative estimate of drug-likeness (QED) is 0.438. The molecular formula is C2H4N2O2. The van der Waals surface area contributed by atoms with E-state index >= 15 is 0 Å². The van der Waals surface area contributed by atoms with E-state index in [0.29, 0.717) is 5.17 Å². The fourth-order valence-electron chi connectivity index (χ4n) is 0.221. The highest BCUT2D eigenvalue weighted by molar-refractivity contribution is 5.46. The summed E-state index contributed by atoms with van der Waals surface area (Å²) in [5.41, 5.74) is 0. The van der Waals surface area contributed by atoms with E-state index in [1.165, 1.54) is 6.40 Å². The van der Waals surface area contributed by atoms with Crippen molar-refractivity contribution in [2.24, 2.45) is 5.10 Å². The van der Waals surface area contributed by atoms with Crippen molar-refractivity contribution in [1.29, 1.82) is 0 Å². The Morgan fingerprint density at radius 1 is 2.00 bits per heavy atom. The zero-order chi connectivity index (χ0) is 4.41. The van der Waals surface area contributed by atoms with Gasteiger partial charge in [-0.1, -0.05) is 0 Å². The van der Waals surface area contributed by atoms with Crippen molar-refractivity contribution in [2.45, 2.75) is 0 Å². The van der Waals surface area contributed by atoms with E-state index in [-0.39, 0.29) is 6.73 Å². The minimum Gasteiger partial charge on any atom is -0.457 e. The lowest BCUT2D eigenvalue weighted by atomic mass is 11.3. The summed E-state index contributed by atoms with van der Waals surface area (Å²) in [4.78, 5) is 0. The van der Waals surface area contributed by atoms with Crippen LogP contribution in [0.1, 0.15) is 0 Å². The Bertz CT molecular complexity index is 71.9. The molecule has 4 nitrogen and oxygen atoms in total. The molecular weight excluding hydrogens is 84.0 g/mol. The topological polar surface area (TPSA) is 45.1 Å². The summed E-state index contributed by atoms with van der Waals surface area (Å²) in [6.07, 6.45) is 1.18. The second-order valence-corrected chi connectivity index (χ2v) is 0.889. The molecule has 1 rings (SSSR count). The van der Waals surface area contributed by atoms with Gasteiger partial charge in [0, 0.05) is 0 Å². The number of hydroxylamine groups is 1. The van der Waals surface area contributed by atoms with Crippen LogP contribution < -0.4 is 0 Å². The van der Waals surface area contributed by atoms with Crippen LogP contribution in [0.3, 0.4) is 0 Å². The number of ether oxygens (including phenoxy) is 1. The minimum atomic E-state index is 0.153. The van der Waals surface area contributed by atoms with Crippen molar-refractivity contribution in [3.8, 4) is 0 Å². The zero-order valence-corrected chi connectivity index (χ0v) is 3.03. The van der Waals surface area contributed by atoms with Crippen LogP contribution in [0.5, 0.6) is 0 Å². The smallest absolute Gasteiger partial charge is 0.204 e. The first-order valence-electron chi connectivity index (χ1n) is 1.50. The maximum absolute atomic E-state index is 8.24. The van der Waals surface area contributed by atoms with Crippen molar-refractivity contribution in [2.75, 3.05) is 6.73 Å². The molecule has 0 amide bonds. The standard InChI is InChI=1S/C2H4N2O2/c5-4-2-6-1-3-4/h1,5H,2H2. The zero-order valence-electron chi connectivity index (χ0n) is 3.03. The Labute approximate surface area is 34.6 Å². The third kappa shape index (κ3) is 0.414. The molecule has 0 unspecified atom stereocenters. The lowest BCUT2D eigenvalue weighted by Crippen LogP contribution is -2.06. The van der Waals surface area contributed by atoms with Crippen molar-refractivity contribution in [3.05, 3.63) is 0 Å². The van der Waals surface area contributed by atoms with Crippen LogP contribution in [-0.2, 0) is 4.74 Å². The van der Waals surface area contributed by atoms with Gasteiger partial charge in [0.15, 0.2) is 6.40 Å². The summed E-state index contributed by atoms with van der Waals surface area (Å²) < 4.78 is 4.44. The average Bonchev–Trinajstić information content (AvgIpc) is 1.86. The SMILES string of the molecule is ON1COC=N1. The Balaban J connectivity index is 2.38. The summed E-state index contributed by atoms with van der Waals surface area (Å²) in [7, 11) is 0. The predicted octanol–water partition coefficient (Wildman–Crippen LogP) is -0.391. The molecule has 0 saturated carbocycles. The highest BCUT2D eigenvalue weighted by Crippen LogP contribution is 1.87. The molecule has 1 N–H and O–H groups in total.